The number of aliphatic hydroxyl groups is 2. The SMILES string of the molecule is CC(C)CCN(S)CCCOC(C)C(O)C(O)C(N=O)C(C)C(=O)O. The Labute approximate surface area is 155 Å². The number of hydrogen-bond donors (Lipinski definition) is 4. The minimum Gasteiger partial charge on any atom is -0.481 e. The van der Waals surface area contributed by atoms with Crippen molar-refractivity contribution in [2.75, 3.05) is 19.7 Å². The second-order valence-electron chi connectivity index (χ2n) is 6.77. The Morgan fingerprint density at radius 3 is 2.24 bits per heavy atom. The molecule has 5 unspecified atom stereocenters. The molecule has 0 bridgehead atoms. The van der Waals surface area contributed by atoms with E-state index in [2.05, 4.69) is 31.8 Å². The van der Waals surface area contributed by atoms with Gasteiger partial charge in [-0.05, 0) is 32.6 Å². The van der Waals surface area contributed by atoms with Crippen molar-refractivity contribution in [1.82, 2.24) is 4.31 Å². The summed E-state index contributed by atoms with van der Waals surface area (Å²) in [6.07, 6.45) is -2.03. The fourth-order valence-corrected chi connectivity index (χ4v) is 2.47. The number of ether oxygens (including phenoxy) is 1. The summed E-state index contributed by atoms with van der Waals surface area (Å²) in [5, 5.41) is 31.7. The summed E-state index contributed by atoms with van der Waals surface area (Å²) < 4.78 is 7.38. The van der Waals surface area contributed by atoms with E-state index in [9.17, 15) is 19.9 Å². The minimum absolute atomic E-state index is 0.345. The van der Waals surface area contributed by atoms with E-state index in [1.54, 1.807) is 6.92 Å². The molecular weight excluding hydrogens is 348 g/mol. The summed E-state index contributed by atoms with van der Waals surface area (Å²) in [5.74, 6) is -1.86. The molecule has 8 nitrogen and oxygen atoms in total. The highest BCUT2D eigenvalue weighted by Crippen LogP contribution is 2.18. The second kappa shape index (κ2) is 12.6. The van der Waals surface area contributed by atoms with Crippen molar-refractivity contribution in [2.45, 2.75) is 64.9 Å². The molecule has 9 heteroatoms. The third-order valence-electron chi connectivity index (χ3n) is 4.11. The quantitative estimate of drug-likeness (QED) is 0.205. The van der Waals surface area contributed by atoms with Crippen LogP contribution in [0.4, 0.5) is 0 Å². The van der Waals surface area contributed by atoms with E-state index in [1.807, 2.05) is 4.31 Å². The van der Waals surface area contributed by atoms with E-state index in [-0.39, 0.29) is 0 Å². The number of hydrogen-bond acceptors (Lipinski definition) is 8. The van der Waals surface area contributed by atoms with E-state index < -0.39 is 36.2 Å². The maximum absolute atomic E-state index is 10.9. The topological polar surface area (TPSA) is 120 Å². The van der Waals surface area contributed by atoms with Gasteiger partial charge in [-0.3, -0.25) is 9.10 Å². The fourth-order valence-electron chi connectivity index (χ4n) is 2.21. The lowest BCUT2D eigenvalue weighted by Crippen LogP contribution is -2.47. The fraction of sp³-hybridized carbons (Fsp3) is 0.938. The van der Waals surface area contributed by atoms with Gasteiger partial charge < -0.3 is 20.1 Å². The average Bonchev–Trinajstić information content (AvgIpc) is 2.56. The van der Waals surface area contributed by atoms with Crippen LogP contribution < -0.4 is 0 Å². The number of nitroso groups, excluding NO2 is 1. The molecule has 0 amide bonds. The van der Waals surface area contributed by atoms with Crippen LogP contribution in [0.25, 0.3) is 0 Å². The van der Waals surface area contributed by atoms with Crippen LogP contribution in [0.3, 0.4) is 0 Å². The van der Waals surface area contributed by atoms with Crippen molar-refractivity contribution in [3.05, 3.63) is 4.91 Å². The first-order valence-corrected chi connectivity index (χ1v) is 8.98. The Morgan fingerprint density at radius 2 is 1.76 bits per heavy atom. The highest BCUT2D eigenvalue weighted by molar-refractivity contribution is 7.77. The van der Waals surface area contributed by atoms with Crippen molar-refractivity contribution in [2.24, 2.45) is 17.0 Å². The summed E-state index contributed by atoms with van der Waals surface area (Å²) in [6, 6.07) is -1.44. The zero-order valence-electron chi connectivity index (χ0n) is 15.4. The maximum Gasteiger partial charge on any atom is 0.308 e. The summed E-state index contributed by atoms with van der Waals surface area (Å²) >= 11 is 4.37. The lowest BCUT2D eigenvalue weighted by atomic mass is 9.92. The largest absolute Gasteiger partial charge is 0.481 e. The third kappa shape index (κ3) is 9.50. The highest BCUT2D eigenvalue weighted by atomic mass is 32.1. The molecule has 0 saturated carbocycles. The van der Waals surface area contributed by atoms with Crippen LogP contribution in [0, 0.1) is 16.7 Å². The Balaban J connectivity index is 4.26. The predicted octanol–water partition coefficient (Wildman–Crippen LogP) is 1.55. The summed E-state index contributed by atoms with van der Waals surface area (Å²) in [4.78, 5) is 21.8. The van der Waals surface area contributed by atoms with Crippen LogP contribution in [0.15, 0.2) is 5.18 Å². The molecule has 0 heterocycles. The van der Waals surface area contributed by atoms with E-state index in [4.69, 9.17) is 9.84 Å². The first-order valence-electron chi connectivity index (χ1n) is 8.58. The molecule has 5 atom stereocenters. The molecule has 0 rings (SSSR count). The van der Waals surface area contributed by atoms with Crippen molar-refractivity contribution in [3.63, 3.8) is 0 Å². The number of carboxylic acids is 1. The molecular formula is C16H32N2O6S. The van der Waals surface area contributed by atoms with Crippen molar-refractivity contribution in [1.29, 1.82) is 0 Å². The highest BCUT2D eigenvalue weighted by Gasteiger charge is 2.37. The van der Waals surface area contributed by atoms with Crippen LogP contribution in [-0.2, 0) is 9.53 Å². The maximum atomic E-state index is 10.9. The molecule has 0 aliphatic heterocycles. The number of carbonyl (C=O) groups is 1. The van der Waals surface area contributed by atoms with Crippen LogP contribution in [-0.4, -0.2) is 69.6 Å². The number of aliphatic hydroxyl groups excluding tert-OH is 2. The second-order valence-corrected chi connectivity index (χ2v) is 7.34. The van der Waals surface area contributed by atoms with Gasteiger partial charge in [0.25, 0.3) is 0 Å². The molecule has 0 aromatic heterocycles. The standard InChI is InChI=1S/C16H32N2O6S/c1-10(2)6-8-18(25)7-5-9-24-12(4)14(19)15(20)13(17-23)11(3)16(21)22/h10-15,19-20,25H,5-9H2,1-4H3,(H,21,22). The Kier molecular flexibility index (Phi) is 12.2. The lowest BCUT2D eigenvalue weighted by molar-refractivity contribution is -0.145. The van der Waals surface area contributed by atoms with E-state index >= 15 is 0 Å². The van der Waals surface area contributed by atoms with Gasteiger partial charge in [0.1, 0.15) is 18.2 Å². The number of carboxylic acid groups (broad SMARTS) is 1. The number of nitrogens with zero attached hydrogens (tertiary/aromatic N) is 2. The molecule has 25 heavy (non-hydrogen) atoms. The van der Waals surface area contributed by atoms with Gasteiger partial charge in [-0.15, -0.1) is 0 Å². The minimum atomic E-state index is -1.61. The predicted molar refractivity (Wildman–Crippen MR) is 98.4 cm³/mol. The van der Waals surface area contributed by atoms with Crippen molar-refractivity contribution < 1.29 is 24.9 Å². The molecule has 0 aliphatic carbocycles. The van der Waals surface area contributed by atoms with Crippen LogP contribution in [0.5, 0.6) is 0 Å². The first-order chi connectivity index (χ1) is 11.6. The normalized spacial score (nSPS) is 18.0. The zero-order valence-corrected chi connectivity index (χ0v) is 16.3. The van der Waals surface area contributed by atoms with Gasteiger partial charge in [-0.1, -0.05) is 31.8 Å². The van der Waals surface area contributed by atoms with Gasteiger partial charge in [0.05, 0.1) is 12.0 Å². The lowest BCUT2D eigenvalue weighted by Gasteiger charge is -2.28. The summed E-state index contributed by atoms with van der Waals surface area (Å²) in [5.41, 5.74) is 0. The molecule has 0 aromatic carbocycles. The average molecular weight is 381 g/mol. The monoisotopic (exact) mass is 380 g/mol. The molecule has 3 N–H and O–H groups in total. The smallest absolute Gasteiger partial charge is 0.308 e. The Bertz CT molecular complexity index is 399. The molecule has 0 aromatic rings. The molecule has 0 fully saturated rings. The van der Waals surface area contributed by atoms with Gasteiger partial charge >= 0.3 is 5.97 Å². The van der Waals surface area contributed by atoms with E-state index in [0.29, 0.717) is 18.9 Å². The molecule has 0 saturated heterocycles. The number of aliphatic carboxylic acids is 1. The van der Waals surface area contributed by atoms with Crippen molar-refractivity contribution in [3.8, 4) is 0 Å². The van der Waals surface area contributed by atoms with Gasteiger partial charge in [-0.2, -0.15) is 4.91 Å². The summed E-state index contributed by atoms with van der Waals surface area (Å²) in [7, 11) is 0. The van der Waals surface area contributed by atoms with Crippen LogP contribution in [0.1, 0.15) is 40.5 Å². The molecule has 148 valence electrons. The van der Waals surface area contributed by atoms with Gasteiger partial charge in [0, 0.05) is 19.7 Å². The Hall–Kier alpha value is -0.740. The van der Waals surface area contributed by atoms with Gasteiger partial charge in [0.2, 0.25) is 0 Å². The van der Waals surface area contributed by atoms with Crippen LogP contribution in [0.2, 0.25) is 0 Å². The first kappa shape index (κ1) is 24.3. The van der Waals surface area contributed by atoms with Gasteiger partial charge in [-0.25, -0.2) is 0 Å². The van der Waals surface area contributed by atoms with E-state index in [0.717, 1.165) is 19.5 Å². The summed E-state index contributed by atoms with van der Waals surface area (Å²) in [6.45, 7) is 9.04. The van der Waals surface area contributed by atoms with E-state index in [1.165, 1.54) is 6.92 Å². The van der Waals surface area contributed by atoms with Gasteiger partial charge in [0.15, 0.2) is 0 Å². The molecule has 0 aliphatic rings. The number of thiol groups is 1. The molecule has 0 spiro atoms. The molecule has 0 radical (unpaired) electrons. The third-order valence-corrected chi connectivity index (χ3v) is 4.51. The number of rotatable bonds is 14. The Morgan fingerprint density at radius 1 is 1.16 bits per heavy atom. The zero-order chi connectivity index (χ0) is 19.6. The van der Waals surface area contributed by atoms with Crippen LogP contribution >= 0.6 is 12.8 Å². The van der Waals surface area contributed by atoms with Crippen molar-refractivity contribution >= 4 is 18.8 Å².